The van der Waals surface area contributed by atoms with Gasteiger partial charge >= 0.3 is 0 Å². The zero-order valence-electron chi connectivity index (χ0n) is 14.8. The molecule has 1 aliphatic heterocycles. The van der Waals surface area contributed by atoms with E-state index < -0.39 is 15.9 Å². The fraction of sp³-hybridized carbons (Fsp3) is 0.250. The largest absolute Gasteiger partial charge is 0.507 e. The number of fused-ring (bicyclic) bond motifs is 1. The van der Waals surface area contributed by atoms with Crippen LogP contribution in [0, 0.1) is 21.4 Å². The summed E-state index contributed by atoms with van der Waals surface area (Å²) < 4.78 is 0. The number of hydrogen-bond donors (Lipinski definition) is 1. The Kier molecular flexibility index (Phi) is 3.96. The molecule has 2 aromatic carbocycles. The quantitative estimate of drug-likeness (QED) is 0.668. The molecule has 0 bridgehead atoms. The van der Waals surface area contributed by atoms with Crippen molar-refractivity contribution in [2.24, 2.45) is 0 Å². The van der Waals surface area contributed by atoms with Crippen LogP contribution in [0.5, 0.6) is 5.75 Å². The van der Waals surface area contributed by atoms with Crippen LogP contribution in [0.1, 0.15) is 25.0 Å². The molecule has 0 spiro atoms. The van der Waals surface area contributed by atoms with Gasteiger partial charge in [-0.2, -0.15) is 5.26 Å². The molecule has 1 N–H and O–H groups in total. The average Bonchev–Trinajstić information content (AvgIpc) is 2.79. The Morgan fingerprint density at radius 2 is 1.96 bits per heavy atom. The minimum absolute atomic E-state index is 0.0732. The molecule has 0 aliphatic carbocycles. The van der Waals surface area contributed by atoms with Gasteiger partial charge in [-0.3, -0.25) is 10.1 Å². The average molecular weight is 349 g/mol. The number of para-hydroxylation sites is 1. The summed E-state index contributed by atoms with van der Waals surface area (Å²) in [6, 6.07) is 14.1. The Morgan fingerprint density at radius 3 is 2.58 bits per heavy atom. The third-order valence-electron chi connectivity index (χ3n) is 5.32. The molecule has 2 aromatic rings. The predicted octanol–water partition coefficient (Wildman–Crippen LogP) is 4.00. The van der Waals surface area contributed by atoms with Gasteiger partial charge in [-0.1, -0.05) is 38.1 Å². The van der Waals surface area contributed by atoms with Crippen LogP contribution in [0.2, 0.25) is 0 Å². The van der Waals surface area contributed by atoms with E-state index in [-0.39, 0.29) is 11.4 Å². The molecule has 0 saturated carbocycles. The highest BCUT2D eigenvalue weighted by atomic mass is 16.6. The molecule has 6 heteroatoms. The van der Waals surface area contributed by atoms with Crippen molar-refractivity contribution in [3.63, 3.8) is 0 Å². The first kappa shape index (κ1) is 17.5. The van der Waals surface area contributed by atoms with Crippen molar-refractivity contribution in [1.29, 1.82) is 5.26 Å². The lowest BCUT2D eigenvalue weighted by Gasteiger charge is -2.38. The molecule has 1 aliphatic rings. The van der Waals surface area contributed by atoms with Gasteiger partial charge in [0.25, 0.3) is 5.69 Å². The molecule has 1 unspecified atom stereocenters. The zero-order chi connectivity index (χ0) is 19.1. The lowest BCUT2D eigenvalue weighted by Crippen LogP contribution is -2.51. The number of likely N-dealkylation sites (N-methyl/N-ethyl adjacent to an activating group) is 1. The number of benzene rings is 2. The van der Waals surface area contributed by atoms with Crippen molar-refractivity contribution >= 4 is 17.5 Å². The Balaban J connectivity index is 2.11. The Morgan fingerprint density at radius 1 is 1.27 bits per heavy atom. The number of aromatic hydroxyl groups is 1. The minimum Gasteiger partial charge on any atom is -0.507 e. The predicted molar refractivity (Wildman–Crippen MR) is 100 cm³/mol. The van der Waals surface area contributed by atoms with E-state index in [4.69, 9.17) is 0 Å². The molecular weight excluding hydrogens is 330 g/mol. The summed E-state index contributed by atoms with van der Waals surface area (Å²) in [5.41, 5.74) is 0.696. The van der Waals surface area contributed by atoms with Gasteiger partial charge in [-0.15, -0.1) is 0 Å². The molecule has 0 fully saturated rings. The fourth-order valence-electron chi connectivity index (χ4n) is 3.68. The van der Waals surface area contributed by atoms with Crippen LogP contribution in [-0.4, -0.2) is 22.6 Å². The summed E-state index contributed by atoms with van der Waals surface area (Å²) in [5, 5.41) is 31.1. The third kappa shape index (κ3) is 2.32. The maximum absolute atomic E-state index is 11.0. The molecule has 1 heterocycles. The molecule has 0 radical (unpaired) electrons. The number of phenolic OH excluding ortho intramolecular Hbond substituents is 1. The summed E-state index contributed by atoms with van der Waals surface area (Å²) >= 11 is 0. The lowest BCUT2D eigenvalue weighted by atomic mass is 9.70. The van der Waals surface area contributed by atoms with Gasteiger partial charge in [0.1, 0.15) is 5.75 Å². The number of rotatable bonds is 3. The number of non-ortho nitro benzene ring substituents is 1. The van der Waals surface area contributed by atoms with Gasteiger partial charge < -0.3 is 10.0 Å². The fourth-order valence-corrected chi connectivity index (χ4v) is 3.68. The highest BCUT2D eigenvalue weighted by molar-refractivity contribution is 5.73. The molecule has 0 saturated heterocycles. The Hall–Kier alpha value is -3.33. The smallest absolute Gasteiger partial charge is 0.270 e. The van der Waals surface area contributed by atoms with Crippen molar-refractivity contribution in [2.75, 3.05) is 11.9 Å². The normalized spacial score (nSPS) is 20.8. The van der Waals surface area contributed by atoms with Crippen molar-refractivity contribution in [3.8, 4) is 11.8 Å². The molecule has 26 heavy (non-hydrogen) atoms. The molecule has 132 valence electrons. The topological polar surface area (TPSA) is 90.4 Å². The van der Waals surface area contributed by atoms with Gasteiger partial charge in [0, 0.05) is 35.8 Å². The number of phenols is 1. The summed E-state index contributed by atoms with van der Waals surface area (Å²) in [5.74, 6) is -0.0732. The maximum Gasteiger partial charge on any atom is 0.270 e. The molecule has 1 atom stereocenters. The number of nitro groups is 1. The molecular formula is C20H19N3O3. The van der Waals surface area contributed by atoms with E-state index in [1.807, 2.05) is 50.1 Å². The van der Waals surface area contributed by atoms with Gasteiger partial charge in [0.15, 0.2) is 5.54 Å². The second-order valence-corrected chi connectivity index (χ2v) is 6.91. The molecule has 3 rings (SSSR count). The summed E-state index contributed by atoms with van der Waals surface area (Å²) in [4.78, 5) is 12.4. The molecule has 0 aromatic heterocycles. The van der Waals surface area contributed by atoms with Gasteiger partial charge in [0.05, 0.1) is 11.0 Å². The number of nitrogens with zero attached hydrogens (tertiary/aromatic N) is 3. The van der Waals surface area contributed by atoms with Gasteiger partial charge in [-0.05, 0) is 23.8 Å². The highest BCUT2D eigenvalue weighted by Crippen LogP contribution is 2.51. The van der Waals surface area contributed by atoms with E-state index in [0.29, 0.717) is 5.56 Å². The molecule has 6 nitrogen and oxygen atoms in total. The van der Waals surface area contributed by atoms with Crippen LogP contribution < -0.4 is 4.90 Å². The maximum atomic E-state index is 11.0. The van der Waals surface area contributed by atoms with Crippen LogP contribution in [0.3, 0.4) is 0 Å². The van der Waals surface area contributed by atoms with E-state index in [1.165, 1.54) is 18.2 Å². The summed E-state index contributed by atoms with van der Waals surface area (Å²) in [6.45, 7) is 3.99. The van der Waals surface area contributed by atoms with E-state index in [1.54, 1.807) is 12.2 Å². The Labute approximate surface area is 151 Å². The first-order valence-electron chi connectivity index (χ1n) is 8.16. The van der Waals surface area contributed by atoms with E-state index >= 15 is 0 Å². The minimum atomic E-state index is -0.992. The van der Waals surface area contributed by atoms with Crippen molar-refractivity contribution in [1.82, 2.24) is 0 Å². The van der Waals surface area contributed by atoms with E-state index in [2.05, 4.69) is 6.07 Å². The van der Waals surface area contributed by atoms with Crippen LogP contribution in [0.15, 0.2) is 48.5 Å². The van der Waals surface area contributed by atoms with Crippen molar-refractivity contribution in [3.05, 3.63) is 69.8 Å². The number of hydrogen-bond acceptors (Lipinski definition) is 5. The van der Waals surface area contributed by atoms with Crippen LogP contribution in [0.4, 0.5) is 11.4 Å². The van der Waals surface area contributed by atoms with Gasteiger partial charge in [-0.25, -0.2) is 0 Å². The van der Waals surface area contributed by atoms with Crippen LogP contribution >= 0.6 is 0 Å². The summed E-state index contributed by atoms with van der Waals surface area (Å²) in [7, 11) is 1.86. The third-order valence-corrected chi connectivity index (χ3v) is 5.32. The first-order valence-corrected chi connectivity index (χ1v) is 8.16. The van der Waals surface area contributed by atoms with Crippen LogP contribution in [0.25, 0.3) is 6.08 Å². The van der Waals surface area contributed by atoms with E-state index in [9.17, 15) is 20.5 Å². The van der Waals surface area contributed by atoms with Crippen molar-refractivity contribution < 1.29 is 10.0 Å². The lowest BCUT2D eigenvalue weighted by molar-refractivity contribution is -0.384. The van der Waals surface area contributed by atoms with Crippen molar-refractivity contribution in [2.45, 2.75) is 24.8 Å². The van der Waals surface area contributed by atoms with Crippen LogP contribution in [-0.2, 0) is 5.41 Å². The molecule has 0 amide bonds. The SMILES string of the molecule is CN1c2ccccc2C(C)(C)C1(C#N)/C=C/c1cc([N+](=O)[O-])ccc1O. The van der Waals surface area contributed by atoms with Gasteiger partial charge in [0.2, 0.25) is 0 Å². The summed E-state index contributed by atoms with van der Waals surface area (Å²) in [6.07, 6.45) is 3.29. The highest BCUT2D eigenvalue weighted by Gasteiger charge is 2.54. The van der Waals surface area contributed by atoms with E-state index in [0.717, 1.165) is 11.3 Å². The first-order chi connectivity index (χ1) is 12.2. The monoisotopic (exact) mass is 349 g/mol. The second kappa shape index (κ2) is 5.88. The number of anilines is 1. The second-order valence-electron chi connectivity index (χ2n) is 6.91. The number of nitriles is 1. The standard InChI is InChI=1S/C20H19N3O3/c1-19(2)16-6-4-5-7-17(16)22(3)20(19,13-21)11-10-14-12-15(23(25)26)8-9-18(14)24/h4-12,24H,1-3H3/b11-10+. The zero-order valence-corrected chi connectivity index (χ0v) is 14.8. The Bertz CT molecular complexity index is 959. The number of nitro benzene ring substituents is 1.